The monoisotopic (exact) mass is 338 g/mol. The Morgan fingerprint density at radius 3 is 2.48 bits per heavy atom. The van der Waals surface area contributed by atoms with Crippen molar-refractivity contribution in [2.24, 2.45) is 5.92 Å². The van der Waals surface area contributed by atoms with Gasteiger partial charge in [-0.3, -0.25) is 9.59 Å². The first-order chi connectivity index (χ1) is 11.2. The Hall–Kier alpha value is -1.43. The summed E-state index contributed by atoms with van der Waals surface area (Å²) in [5, 5.41) is 0. The van der Waals surface area contributed by atoms with Crippen LogP contribution in [0.15, 0.2) is 24.5 Å². The zero-order chi connectivity index (χ0) is 16.7. The van der Waals surface area contributed by atoms with Crippen molar-refractivity contribution >= 4 is 23.6 Å². The van der Waals surface area contributed by atoms with E-state index in [1.165, 1.54) is 0 Å². The molecule has 5 nitrogen and oxygen atoms in total. The molecule has 0 spiro atoms. The Morgan fingerprint density at radius 2 is 1.91 bits per heavy atom. The fourth-order valence-corrected chi connectivity index (χ4v) is 3.45. The van der Waals surface area contributed by atoms with E-state index in [4.69, 9.17) is 4.74 Å². The molecule has 1 amide bonds. The molecule has 1 saturated heterocycles. The molecule has 2 rings (SSSR count). The summed E-state index contributed by atoms with van der Waals surface area (Å²) in [6, 6.07) is 3.76. The molecule has 1 aromatic rings. The van der Waals surface area contributed by atoms with Crippen LogP contribution in [0.4, 0.5) is 0 Å². The lowest BCUT2D eigenvalue weighted by molar-refractivity contribution is -0.151. The molecular formula is C17H26N2O3S. The van der Waals surface area contributed by atoms with E-state index in [-0.39, 0.29) is 23.8 Å². The van der Waals surface area contributed by atoms with E-state index in [0.717, 1.165) is 12.2 Å². The van der Waals surface area contributed by atoms with Gasteiger partial charge in [-0.2, -0.15) is 11.8 Å². The summed E-state index contributed by atoms with van der Waals surface area (Å²) in [4.78, 5) is 26.6. The van der Waals surface area contributed by atoms with Gasteiger partial charge in [-0.25, -0.2) is 0 Å². The average Bonchev–Trinajstić information content (AvgIpc) is 3.09. The number of amides is 1. The van der Waals surface area contributed by atoms with Crippen LogP contribution < -0.4 is 0 Å². The van der Waals surface area contributed by atoms with Crippen LogP contribution in [0.5, 0.6) is 0 Å². The van der Waals surface area contributed by atoms with Crippen LogP contribution >= 0.6 is 11.8 Å². The predicted molar refractivity (Wildman–Crippen MR) is 92.4 cm³/mol. The van der Waals surface area contributed by atoms with E-state index >= 15 is 0 Å². The topological polar surface area (TPSA) is 51.5 Å². The fraction of sp³-hybridized carbons (Fsp3) is 0.647. The minimum atomic E-state index is -0.142. The summed E-state index contributed by atoms with van der Waals surface area (Å²) in [6.07, 6.45) is 8.19. The van der Waals surface area contributed by atoms with Gasteiger partial charge in [-0.05, 0) is 50.3 Å². The largest absolute Gasteiger partial charge is 0.466 e. The molecular weight excluding hydrogens is 312 g/mol. The van der Waals surface area contributed by atoms with Crippen LogP contribution in [0.1, 0.15) is 32.2 Å². The number of nitrogens with zero attached hydrogens (tertiary/aromatic N) is 2. The first kappa shape index (κ1) is 17.9. The zero-order valence-corrected chi connectivity index (χ0v) is 14.8. The molecule has 1 aromatic heterocycles. The van der Waals surface area contributed by atoms with Gasteiger partial charge in [0.15, 0.2) is 0 Å². The number of aromatic nitrogens is 1. The third kappa shape index (κ3) is 4.77. The van der Waals surface area contributed by atoms with Crippen molar-refractivity contribution in [2.45, 2.75) is 32.2 Å². The predicted octanol–water partition coefficient (Wildman–Crippen LogP) is 2.58. The van der Waals surface area contributed by atoms with Crippen molar-refractivity contribution in [3.05, 3.63) is 24.5 Å². The molecule has 0 radical (unpaired) electrons. The van der Waals surface area contributed by atoms with Crippen LogP contribution in [0.2, 0.25) is 0 Å². The second-order valence-electron chi connectivity index (χ2n) is 5.78. The first-order valence-corrected chi connectivity index (χ1v) is 9.63. The fourth-order valence-electron chi connectivity index (χ4n) is 2.99. The second kappa shape index (κ2) is 9.01. The van der Waals surface area contributed by atoms with Crippen molar-refractivity contribution in [1.29, 1.82) is 0 Å². The molecule has 128 valence electrons. The molecule has 1 atom stereocenters. The van der Waals surface area contributed by atoms with Gasteiger partial charge in [-0.1, -0.05) is 0 Å². The van der Waals surface area contributed by atoms with Crippen molar-refractivity contribution in [1.82, 2.24) is 9.47 Å². The summed E-state index contributed by atoms with van der Waals surface area (Å²) in [7, 11) is 0. The lowest BCUT2D eigenvalue weighted by Crippen LogP contribution is -2.44. The maximum absolute atomic E-state index is 12.9. The number of likely N-dealkylation sites (tertiary alicyclic amines) is 1. The molecule has 6 heteroatoms. The highest BCUT2D eigenvalue weighted by Crippen LogP contribution is 2.24. The Balaban J connectivity index is 1.95. The minimum absolute atomic E-state index is 0.0600. The van der Waals surface area contributed by atoms with Crippen molar-refractivity contribution in [3.63, 3.8) is 0 Å². The molecule has 1 fully saturated rings. The van der Waals surface area contributed by atoms with E-state index in [2.05, 4.69) is 6.26 Å². The highest BCUT2D eigenvalue weighted by atomic mass is 32.2. The third-order valence-electron chi connectivity index (χ3n) is 4.29. The standard InChI is InChI=1S/C17H26N2O3S/c1-3-22-17(21)14-6-11-19(12-7-14)16(20)15(8-13-23-2)18-9-4-5-10-18/h4-5,9-10,14-15H,3,6-8,11-13H2,1-2H3/t15-/m1/s1. The number of ether oxygens (including phenoxy) is 1. The Bertz CT molecular complexity index is 496. The van der Waals surface area contributed by atoms with Crippen LogP contribution in [0, 0.1) is 5.92 Å². The number of hydrogen-bond acceptors (Lipinski definition) is 4. The summed E-state index contributed by atoms with van der Waals surface area (Å²) >= 11 is 1.76. The van der Waals surface area contributed by atoms with Crippen molar-refractivity contribution < 1.29 is 14.3 Å². The Kier molecular flexibility index (Phi) is 7.02. The first-order valence-electron chi connectivity index (χ1n) is 8.24. The van der Waals surface area contributed by atoms with Gasteiger partial charge >= 0.3 is 5.97 Å². The minimum Gasteiger partial charge on any atom is -0.466 e. The number of hydrogen-bond donors (Lipinski definition) is 0. The SMILES string of the molecule is CCOC(=O)C1CCN(C(=O)[C@@H](CCSC)n2cccc2)CC1. The quantitative estimate of drug-likeness (QED) is 0.717. The van der Waals surface area contributed by atoms with Crippen LogP contribution in [-0.2, 0) is 14.3 Å². The van der Waals surface area contributed by atoms with Crippen LogP contribution in [0.25, 0.3) is 0 Å². The highest BCUT2D eigenvalue weighted by Gasteiger charge is 2.31. The lowest BCUT2D eigenvalue weighted by atomic mass is 9.96. The third-order valence-corrected chi connectivity index (χ3v) is 4.94. The second-order valence-corrected chi connectivity index (χ2v) is 6.76. The van der Waals surface area contributed by atoms with E-state index in [0.29, 0.717) is 32.5 Å². The van der Waals surface area contributed by atoms with Crippen molar-refractivity contribution in [2.75, 3.05) is 31.7 Å². The zero-order valence-electron chi connectivity index (χ0n) is 13.9. The van der Waals surface area contributed by atoms with Crippen LogP contribution in [-0.4, -0.2) is 53.0 Å². The van der Waals surface area contributed by atoms with Gasteiger partial charge in [0.05, 0.1) is 12.5 Å². The number of esters is 1. The molecule has 1 aliphatic rings. The molecule has 1 aliphatic heterocycles. The molecule has 0 saturated carbocycles. The summed E-state index contributed by atoms with van der Waals surface area (Å²) < 4.78 is 7.08. The summed E-state index contributed by atoms with van der Waals surface area (Å²) in [6.45, 7) is 3.52. The summed E-state index contributed by atoms with van der Waals surface area (Å²) in [5.74, 6) is 0.935. The van der Waals surface area contributed by atoms with E-state index < -0.39 is 0 Å². The van der Waals surface area contributed by atoms with E-state index in [9.17, 15) is 9.59 Å². The van der Waals surface area contributed by atoms with Gasteiger partial charge in [0.1, 0.15) is 6.04 Å². The van der Waals surface area contributed by atoms with Crippen molar-refractivity contribution in [3.8, 4) is 0 Å². The number of thioether (sulfide) groups is 1. The van der Waals surface area contributed by atoms with Gasteiger partial charge in [0, 0.05) is 25.5 Å². The molecule has 0 aromatic carbocycles. The molecule has 0 unspecified atom stereocenters. The van der Waals surface area contributed by atoms with E-state index in [1.54, 1.807) is 11.8 Å². The lowest BCUT2D eigenvalue weighted by Gasteiger charge is -2.33. The van der Waals surface area contributed by atoms with E-state index in [1.807, 2.05) is 40.9 Å². The molecule has 0 N–H and O–H groups in total. The number of carbonyl (C=O) groups is 2. The summed E-state index contributed by atoms with van der Waals surface area (Å²) in [5.41, 5.74) is 0. The number of carbonyl (C=O) groups excluding carboxylic acids is 2. The molecule has 23 heavy (non-hydrogen) atoms. The maximum atomic E-state index is 12.9. The average molecular weight is 338 g/mol. The Labute approximate surface area is 142 Å². The Morgan fingerprint density at radius 1 is 1.26 bits per heavy atom. The number of piperidine rings is 1. The molecule has 0 bridgehead atoms. The highest BCUT2D eigenvalue weighted by molar-refractivity contribution is 7.98. The normalized spacial score (nSPS) is 17.0. The van der Waals surface area contributed by atoms with Gasteiger partial charge in [0.2, 0.25) is 5.91 Å². The molecule has 0 aliphatic carbocycles. The maximum Gasteiger partial charge on any atom is 0.309 e. The number of rotatable bonds is 7. The van der Waals surface area contributed by atoms with Gasteiger partial charge in [-0.15, -0.1) is 0 Å². The smallest absolute Gasteiger partial charge is 0.309 e. The van der Waals surface area contributed by atoms with Gasteiger partial charge in [0.25, 0.3) is 0 Å². The van der Waals surface area contributed by atoms with Gasteiger partial charge < -0.3 is 14.2 Å². The molecule has 2 heterocycles. The van der Waals surface area contributed by atoms with Crippen LogP contribution in [0.3, 0.4) is 0 Å².